The summed E-state index contributed by atoms with van der Waals surface area (Å²) in [6.45, 7) is 0.275. The maximum atomic E-state index is 13.4. The molecule has 0 radical (unpaired) electrons. The van der Waals surface area contributed by atoms with Gasteiger partial charge in [0.05, 0.1) is 6.33 Å². The maximum Gasteiger partial charge on any atom is 0.251 e. The fraction of sp³-hybridized carbons (Fsp3) is 0.130. The topological polar surface area (TPSA) is 97.9 Å². The van der Waals surface area contributed by atoms with Crippen LogP contribution >= 0.6 is 0 Å². The van der Waals surface area contributed by atoms with E-state index in [0.717, 1.165) is 22.2 Å². The monoisotopic (exact) mass is 430 g/mol. The first kappa shape index (κ1) is 19.7. The average Bonchev–Trinajstić information content (AvgIpc) is 3.40. The molecule has 0 unspecified atom stereocenters. The Labute approximate surface area is 182 Å². The normalized spacial score (nSPS) is 11.2. The molecular weight excluding hydrogens is 411 g/mol. The van der Waals surface area contributed by atoms with Crippen LogP contribution in [0.1, 0.15) is 15.9 Å². The summed E-state index contributed by atoms with van der Waals surface area (Å²) in [4.78, 5) is 25.9. The molecule has 0 aliphatic heterocycles. The zero-order chi connectivity index (χ0) is 22.2. The number of aromatic nitrogens is 4. The van der Waals surface area contributed by atoms with Gasteiger partial charge >= 0.3 is 0 Å². The minimum atomic E-state index is -0.451. The van der Waals surface area contributed by atoms with Gasteiger partial charge in [-0.3, -0.25) is 4.79 Å². The fourth-order valence-corrected chi connectivity index (χ4v) is 3.61. The van der Waals surface area contributed by atoms with Crippen molar-refractivity contribution < 1.29 is 13.6 Å². The van der Waals surface area contributed by atoms with Crippen molar-refractivity contribution >= 4 is 34.0 Å². The van der Waals surface area contributed by atoms with Crippen molar-refractivity contribution in [3.63, 3.8) is 0 Å². The minimum Gasteiger partial charge on any atom is -0.418 e. The van der Waals surface area contributed by atoms with Gasteiger partial charge in [-0.2, -0.15) is 4.98 Å². The summed E-state index contributed by atoms with van der Waals surface area (Å²) in [5.74, 6) is 0.235. The Kier molecular flexibility index (Phi) is 4.78. The molecule has 0 atom stereocenters. The standard InChI is InChI=1S/C23H19FN6O2/c1-25-20-17-19(30(2)12-27-17)18-23(29-20)32-22(28-18)15-7-3-5-13(9-15)11-26-21(31)14-6-4-8-16(24)10-14/h3-10,12H,11H2,1-2H3,(H,25,29)(H,26,31). The number of halogens is 1. The molecule has 32 heavy (non-hydrogen) atoms. The number of pyridine rings is 1. The number of amides is 1. The summed E-state index contributed by atoms with van der Waals surface area (Å²) in [6, 6.07) is 13.1. The zero-order valence-corrected chi connectivity index (χ0v) is 17.4. The Morgan fingerprint density at radius 1 is 1.12 bits per heavy atom. The number of imidazole rings is 1. The molecule has 0 saturated carbocycles. The second-order valence-electron chi connectivity index (χ2n) is 7.33. The zero-order valence-electron chi connectivity index (χ0n) is 17.4. The number of aryl methyl sites for hydroxylation is 1. The summed E-state index contributed by atoms with van der Waals surface area (Å²) < 4.78 is 21.2. The molecule has 0 bridgehead atoms. The number of carbonyl (C=O) groups excluding carboxylic acids is 1. The summed E-state index contributed by atoms with van der Waals surface area (Å²) in [5, 5.41) is 5.84. The Balaban J connectivity index is 1.44. The largest absolute Gasteiger partial charge is 0.418 e. The lowest BCUT2D eigenvalue weighted by Gasteiger charge is -2.06. The highest BCUT2D eigenvalue weighted by molar-refractivity contribution is 6.03. The van der Waals surface area contributed by atoms with Gasteiger partial charge in [0, 0.05) is 31.8 Å². The van der Waals surface area contributed by atoms with E-state index in [1.807, 2.05) is 35.9 Å². The molecule has 0 aliphatic carbocycles. The van der Waals surface area contributed by atoms with E-state index in [1.54, 1.807) is 19.4 Å². The van der Waals surface area contributed by atoms with Crippen LogP contribution in [0.3, 0.4) is 0 Å². The summed E-state index contributed by atoms with van der Waals surface area (Å²) in [7, 11) is 3.67. The van der Waals surface area contributed by atoms with Gasteiger partial charge in [-0.1, -0.05) is 18.2 Å². The second-order valence-corrected chi connectivity index (χ2v) is 7.33. The smallest absolute Gasteiger partial charge is 0.251 e. The molecule has 2 aromatic carbocycles. The highest BCUT2D eigenvalue weighted by atomic mass is 19.1. The van der Waals surface area contributed by atoms with Crippen molar-refractivity contribution in [2.75, 3.05) is 12.4 Å². The predicted molar refractivity (Wildman–Crippen MR) is 119 cm³/mol. The molecule has 0 fully saturated rings. The van der Waals surface area contributed by atoms with Gasteiger partial charge in [-0.25, -0.2) is 14.4 Å². The summed E-state index contributed by atoms with van der Waals surface area (Å²) in [5.41, 5.74) is 4.45. The van der Waals surface area contributed by atoms with Crippen LogP contribution in [0.15, 0.2) is 59.3 Å². The number of rotatable bonds is 5. The molecule has 9 heteroatoms. The molecule has 0 aliphatic rings. The number of benzene rings is 2. The lowest BCUT2D eigenvalue weighted by molar-refractivity contribution is 0.0950. The maximum absolute atomic E-state index is 13.4. The minimum absolute atomic E-state index is 0.270. The van der Waals surface area contributed by atoms with Gasteiger partial charge in [0.25, 0.3) is 11.6 Å². The molecule has 3 heterocycles. The molecule has 0 saturated heterocycles. The summed E-state index contributed by atoms with van der Waals surface area (Å²) in [6.07, 6.45) is 1.71. The van der Waals surface area contributed by atoms with Crippen LogP contribution in [0.25, 0.3) is 33.7 Å². The van der Waals surface area contributed by atoms with Crippen LogP contribution in [0.2, 0.25) is 0 Å². The third-order valence-electron chi connectivity index (χ3n) is 5.16. The van der Waals surface area contributed by atoms with Crippen molar-refractivity contribution in [1.29, 1.82) is 0 Å². The van der Waals surface area contributed by atoms with Crippen molar-refractivity contribution in [2.45, 2.75) is 6.54 Å². The molecule has 160 valence electrons. The van der Waals surface area contributed by atoms with Crippen molar-refractivity contribution in [1.82, 2.24) is 24.8 Å². The SMILES string of the molecule is CNc1nc2oc(-c3cccc(CNC(=O)c4cccc(F)c4)c3)nc2c2c1ncn2C. The third-order valence-corrected chi connectivity index (χ3v) is 5.16. The van der Waals surface area contributed by atoms with Gasteiger partial charge in [0.1, 0.15) is 16.9 Å². The second kappa shape index (κ2) is 7.77. The lowest BCUT2D eigenvalue weighted by atomic mass is 10.1. The quantitative estimate of drug-likeness (QED) is 0.439. The number of hydrogen-bond acceptors (Lipinski definition) is 6. The van der Waals surface area contributed by atoms with Crippen molar-refractivity contribution in [2.24, 2.45) is 7.05 Å². The van der Waals surface area contributed by atoms with Gasteiger partial charge in [-0.05, 0) is 35.9 Å². The van der Waals surface area contributed by atoms with E-state index in [2.05, 4.69) is 25.6 Å². The Bertz CT molecular complexity index is 1470. The van der Waals surface area contributed by atoms with Crippen LogP contribution in [-0.2, 0) is 13.6 Å². The van der Waals surface area contributed by atoms with Crippen LogP contribution < -0.4 is 10.6 Å². The van der Waals surface area contributed by atoms with Gasteiger partial charge in [-0.15, -0.1) is 0 Å². The Morgan fingerprint density at radius 2 is 1.97 bits per heavy atom. The van der Waals surface area contributed by atoms with Crippen LogP contribution in [0.4, 0.5) is 10.2 Å². The number of nitrogens with one attached hydrogen (secondary N) is 2. The summed E-state index contributed by atoms with van der Waals surface area (Å²) >= 11 is 0. The molecule has 0 spiro atoms. The molecule has 1 amide bonds. The van der Waals surface area contributed by atoms with E-state index in [0.29, 0.717) is 22.9 Å². The Morgan fingerprint density at radius 3 is 2.78 bits per heavy atom. The van der Waals surface area contributed by atoms with Crippen molar-refractivity contribution in [3.05, 3.63) is 71.8 Å². The van der Waals surface area contributed by atoms with Gasteiger partial charge < -0.3 is 19.6 Å². The van der Waals surface area contributed by atoms with E-state index >= 15 is 0 Å². The number of anilines is 1. The number of nitrogens with zero attached hydrogens (tertiary/aromatic N) is 4. The van der Waals surface area contributed by atoms with E-state index in [9.17, 15) is 9.18 Å². The molecule has 5 rings (SSSR count). The molecular formula is C23H19FN6O2. The van der Waals surface area contributed by atoms with Gasteiger partial charge in [0.2, 0.25) is 5.89 Å². The first-order valence-electron chi connectivity index (χ1n) is 9.96. The number of carbonyl (C=O) groups is 1. The lowest BCUT2D eigenvalue weighted by Crippen LogP contribution is -2.22. The number of hydrogen-bond donors (Lipinski definition) is 2. The Hall–Kier alpha value is -4.27. The first-order chi connectivity index (χ1) is 15.5. The first-order valence-corrected chi connectivity index (χ1v) is 9.96. The third kappa shape index (κ3) is 3.43. The molecule has 5 aromatic rings. The van der Waals surface area contributed by atoms with Crippen LogP contribution in [-0.4, -0.2) is 32.5 Å². The van der Waals surface area contributed by atoms with E-state index in [4.69, 9.17) is 4.42 Å². The average molecular weight is 430 g/mol. The predicted octanol–water partition coefficient (Wildman–Crippen LogP) is 3.89. The van der Waals surface area contributed by atoms with Gasteiger partial charge in [0.15, 0.2) is 11.3 Å². The highest BCUT2D eigenvalue weighted by Gasteiger charge is 2.18. The molecule has 3 aromatic heterocycles. The van der Waals surface area contributed by atoms with Crippen molar-refractivity contribution in [3.8, 4) is 11.5 Å². The molecule has 8 nitrogen and oxygen atoms in total. The fourth-order valence-electron chi connectivity index (χ4n) is 3.61. The molecule has 2 N–H and O–H groups in total. The van der Waals surface area contributed by atoms with Crippen LogP contribution in [0, 0.1) is 5.82 Å². The number of oxazole rings is 1. The van der Waals surface area contributed by atoms with E-state index in [1.165, 1.54) is 18.2 Å². The highest BCUT2D eigenvalue weighted by Crippen LogP contribution is 2.31. The van der Waals surface area contributed by atoms with E-state index < -0.39 is 5.82 Å². The van der Waals surface area contributed by atoms with Crippen LogP contribution in [0.5, 0.6) is 0 Å². The van der Waals surface area contributed by atoms with E-state index in [-0.39, 0.29) is 18.0 Å². The number of fused-ring (bicyclic) bond motifs is 3.